The highest BCUT2D eigenvalue weighted by atomic mass is 32.2. The summed E-state index contributed by atoms with van der Waals surface area (Å²) in [6, 6.07) is 3.92. The smallest absolute Gasteiger partial charge is 0.335 e. The van der Waals surface area contributed by atoms with Crippen LogP contribution in [0.2, 0.25) is 0 Å². The molecule has 8 nitrogen and oxygen atoms in total. The van der Waals surface area contributed by atoms with Gasteiger partial charge in [-0.3, -0.25) is 9.10 Å². The maximum absolute atomic E-state index is 12.1. The van der Waals surface area contributed by atoms with E-state index in [4.69, 9.17) is 9.47 Å². The molecule has 9 heteroatoms. The molecule has 0 heterocycles. The monoisotopic (exact) mass is 385 g/mol. The molecule has 1 aliphatic rings. The molecule has 0 spiro atoms. The van der Waals surface area contributed by atoms with Crippen molar-refractivity contribution in [3.8, 4) is 5.75 Å². The predicted molar refractivity (Wildman–Crippen MR) is 95.1 cm³/mol. The van der Waals surface area contributed by atoms with E-state index in [2.05, 4.69) is 0 Å². The fourth-order valence-electron chi connectivity index (χ4n) is 2.19. The van der Waals surface area contributed by atoms with Crippen LogP contribution < -0.4 is 9.04 Å². The fraction of sp³-hybridized carbons (Fsp3) is 0.529. The number of carboxylic acid groups (broad SMARTS) is 1. The Morgan fingerprint density at radius 3 is 2.42 bits per heavy atom. The van der Waals surface area contributed by atoms with Crippen LogP contribution in [0.3, 0.4) is 0 Å². The van der Waals surface area contributed by atoms with Crippen molar-refractivity contribution in [2.75, 3.05) is 17.5 Å². The summed E-state index contributed by atoms with van der Waals surface area (Å²) in [5, 5.41) is 9.18. The topological polar surface area (TPSA) is 110 Å². The summed E-state index contributed by atoms with van der Waals surface area (Å²) >= 11 is 0. The van der Waals surface area contributed by atoms with Crippen LogP contribution >= 0.6 is 0 Å². The number of thiol groups is 1. The zero-order chi connectivity index (χ0) is 19.5. The molecule has 1 aromatic carbocycles. The first-order chi connectivity index (χ1) is 12.1. The van der Waals surface area contributed by atoms with Crippen molar-refractivity contribution < 1.29 is 32.6 Å². The van der Waals surface area contributed by atoms with Crippen molar-refractivity contribution in [2.45, 2.75) is 39.2 Å². The van der Waals surface area contributed by atoms with Gasteiger partial charge in [0, 0.05) is 0 Å². The highest BCUT2D eigenvalue weighted by molar-refractivity contribution is 7.74. The Hall–Kier alpha value is -2.29. The van der Waals surface area contributed by atoms with E-state index in [9.17, 15) is 23.1 Å². The van der Waals surface area contributed by atoms with E-state index < -0.39 is 35.0 Å². The molecular formula is C17H23NO7S. The minimum atomic E-state index is -3.21. The van der Waals surface area contributed by atoms with E-state index in [1.807, 2.05) is 0 Å². The SMILES string of the molecule is CC(C)(C)OC(=O)CN(c1cc(C(=O)O)ccc1OCC1CC1)[SH](=O)=O. The number of ether oxygens (including phenoxy) is 2. The summed E-state index contributed by atoms with van der Waals surface area (Å²) in [5.74, 6) is -1.32. The Morgan fingerprint density at radius 2 is 1.92 bits per heavy atom. The number of benzene rings is 1. The van der Waals surface area contributed by atoms with Gasteiger partial charge in [0.25, 0.3) is 0 Å². The van der Waals surface area contributed by atoms with Crippen LogP contribution in [0.5, 0.6) is 5.75 Å². The molecule has 0 aromatic heterocycles. The lowest BCUT2D eigenvalue weighted by Crippen LogP contribution is -2.34. The Balaban J connectivity index is 2.32. The van der Waals surface area contributed by atoms with E-state index >= 15 is 0 Å². The fourth-order valence-corrected chi connectivity index (χ4v) is 2.76. The van der Waals surface area contributed by atoms with Crippen molar-refractivity contribution in [1.29, 1.82) is 0 Å². The molecule has 144 valence electrons. The maximum Gasteiger partial charge on any atom is 0.335 e. The Labute approximate surface area is 153 Å². The van der Waals surface area contributed by atoms with E-state index in [1.54, 1.807) is 20.8 Å². The molecule has 2 rings (SSSR count). The first-order valence-electron chi connectivity index (χ1n) is 8.20. The third kappa shape index (κ3) is 5.91. The molecule has 0 atom stereocenters. The minimum Gasteiger partial charge on any atom is -0.491 e. The zero-order valence-electron chi connectivity index (χ0n) is 14.9. The van der Waals surface area contributed by atoms with Gasteiger partial charge in [0.15, 0.2) is 0 Å². The number of carbonyl (C=O) groups excluding carboxylic acids is 1. The van der Waals surface area contributed by atoms with Gasteiger partial charge < -0.3 is 14.6 Å². The molecule has 26 heavy (non-hydrogen) atoms. The Bertz CT molecular complexity index is 755. The third-order valence-electron chi connectivity index (χ3n) is 3.55. The minimum absolute atomic E-state index is 0.00696. The van der Waals surface area contributed by atoms with E-state index in [-0.39, 0.29) is 17.0 Å². The quantitative estimate of drug-likeness (QED) is 0.519. The Morgan fingerprint density at radius 1 is 1.27 bits per heavy atom. The average Bonchev–Trinajstić information content (AvgIpc) is 3.32. The van der Waals surface area contributed by atoms with Gasteiger partial charge in [-0.1, -0.05) is 0 Å². The maximum atomic E-state index is 12.1. The normalized spacial score (nSPS) is 14.2. The molecular weight excluding hydrogens is 362 g/mol. The first kappa shape index (κ1) is 20.0. The summed E-state index contributed by atoms with van der Waals surface area (Å²) in [5.41, 5.74) is -0.872. The van der Waals surface area contributed by atoms with Crippen LogP contribution in [-0.4, -0.2) is 44.2 Å². The second-order valence-corrected chi connectivity index (χ2v) is 8.08. The zero-order valence-corrected chi connectivity index (χ0v) is 15.8. The third-order valence-corrected chi connectivity index (χ3v) is 4.30. The second-order valence-electron chi connectivity index (χ2n) is 7.12. The highest BCUT2D eigenvalue weighted by Crippen LogP contribution is 2.34. The van der Waals surface area contributed by atoms with Crippen LogP contribution in [0.25, 0.3) is 0 Å². The number of anilines is 1. The van der Waals surface area contributed by atoms with Crippen LogP contribution in [0.15, 0.2) is 18.2 Å². The average molecular weight is 385 g/mol. The summed E-state index contributed by atoms with van der Waals surface area (Å²) in [6.07, 6.45) is 2.08. The Kier molecular flexibility index (Phi) is 6.12. The van der Waals surface area contributed by atoms with Gasteiger partial charge in [-0.2, -0.15) is 0 Å². The molecule has 1 N–H and O–H groups in total. The van der Waals surface area contributed by atoms with Crippen LogP contribution in [0.1, 0.15) is 44.0 Å². The molecule has 1 aromatic rings. The molecule has 1 saturated carbocycles. The van der Waals surface area contributed by atoms with Gasteiger partial charge in [0.1, 0.15) is 17.9 Å². The van der Waals surface area contributed by atoms with Gasteiger partial charge in [-0.25, -0.2) is 13.2 Å². The first-order valence-corrected chi connectivity index (χ1v) is 9.33. The van der Waals surface area contributed by atoms with Crippen molar-refractivity contribution in [3.63, 3.8) is 0 Å². The van der Waals surface area contributed by atoms with Gasteiger partial charge in [0.2, 0.25) is 10.9 Å². The molecule has 1 fully saturated rings. The standard InChI is InChI=1S/C17H23NO7S/c1-17(2,3)25-15(19)9-18(26(22)23)13-8-12(16(20)21)6-7-14(13)24-10-11-4-5-11/h6-8,11,26H,4-5,9-10H2,1-3H3,(H,20,21). The lowest BCUT2D eigenvalue weighted by molar-refractivity contribution is -0.152. The van der Waals surface area contributed by atoms with Gasteiger partial charge in [0.05, 0.1) is 17.9 Å². The number of esters is 1. The number of hydrogen-bond acceptors (Lipinski definition) is 6. The van der Waals surface area contributed by atoms with Gasteiger partial charge in [-0.15, -0.1) is 0 Å². The van der Waals surface area contributed by atoms with Crippen molar-refractivity contribution >= 4 is 28.5 Å². The van der Waals surface area contributed by atoms with Gasteiger partial charge in [-0.05, 0) is 57.7 Å². The summed E-state index contributed by atoms with van der Waals surface area (Å²) in [4.78, 5) is 23.3. The number of nitrogens with zero attached hydrogens (tertiary/aromatic N) is 1. The summed E-state index contributed by atoms with van der Waals surface area (Å²) in [6.45, 7) is 4.85. The molecule has 1 aliphatic carbocycles. The number of carbonyl (C=O) groups is 2. The largest absolute Gasteiger partial charge is 0.491 e. The molecule has 0 unspecified atom stereocenters. The number of aromatic carboxylic acids is 1. The highest BCUT2D eigenvalue weighted by Gasteiger charge is 2.26. The van der Waals surface area contributed by atoms with Crippen molar-refractivity contribution in [3.05, 3.63) is 23.8 Å². The van der Waals surface area contributed by atoms with E-state index in [0.717, 1.165) is 17.1 Å². The van der Waals surface area contributed by atoms with Crippen molar-refractivity contribution in [1.82, 2.24) is 0 Å². The second kappa shape index (κ2) is 7.94. The molecule has 0 radical (unpaired) electrons. The summed E-state index contributed by atoms with van der Waals surface area (Å²) < 4.78 is 35.1. The van der Waals surface area contributed by atoms with Crippen LogP contribution in [0, 0.1) is 5.92 Å². The molecule has 0 bridgehead atoms. The molecule has 0 aliphatic heterocycles. The molecule has 0 saturated heterocycles. The lowest BCUT2D eigenvalue weighted by Gasteiger charge is -2.24. The van der Waals surface area contributed by atoms with Crippen LogP contribution in [-0.2, 0) is 20.4 Å². The predicted octanol–water partition coefficient (Wildman–Crippen LogP) is 1.85. The van der Waals surface area contributed by atoms with Crippen LogP contribution in [0.4, 0.5) is 5.69 Å². The van der Waals surface area contributed by atoms with Crippen molar-refractivity contribution in [2.24, 2.45) is 5.92 Å². The van der Waals surface area contributed by atoms with E-state index in [0.29, 0.717) is 12.5 Å². The molecule has 0 amide bonds. The number of rotatable bonds is 8. The van der Waals surface area contributed by atoms with Gasteiger partial charge >= 0.3 is 11.9 Å². The number of carboxylic acids is 1. The summed E-state index contributed by atoms with van der Waals surface area (Å²) in [7, 11) is -3.21. The number of hydrogen-bond donors (Lipinski definition) is 2. The van der Waals surface area contributed by atoms with E-state index in [1.165, 1.54) is 18.2 Å². The lowest BCUT2D eigenvalue weighted by atomic mass is 10.2.